The minimum Gasteiger partial charge on any atom is -0.494 e. The Morgan fingerprint density at radius 3 is 2.53 bits per heavy atom. The molecule has 80 valence electrons. The Morgan fingerprint density at radius 1 is 1.27 bits per heavy atom. The van der Waals surface area contributed by atoms with Gasteiger partial charge in [-0.1, -0.05) is 0 Å². The molecule has 0 aliphatic rings. The zero-order valence-electron chi connectivity index (χ0n) is 8.70. The van der Waals surface area contributed by atoms with Gasteiger partial charge in [0.15, 0.2) is 0 Å². The molecule has 0 bridgehead atoms. The van der Waals surface area contributed by atoms with Crippen LogP contribution in [-0.4, -0.2) is 24.2 Å². The molecule has 0 fully saturated rings. The van der Waals surface area contributed by atoms with Crippen molar-refractivity contribution in [2.24, 2.45) is 5.73 Å². The molecule has 0 aliphatic carbocycles. The van der Waals surface area contributed by atoms with Gasteiger partial charge in [-0.25, -0.2) is 4.98 Å². The van der Waals surface area contributed by atoms with Crippen LogP contribution < -0.4 is 15.2 Å². The van der Waals surface area contributed by atoms with Crippen molar-refractivity contribution in [3.63, 3.8) is 0 Å². The first kappa shape index (κ1) is 9.79. The lowest BCUT2D eigenvalue weighted by Gasteiger charge is -2.04. The van der Waals surface area contributed by atoms with Crippen LogP contribution in [0.5, 0.6) is 11.5 Å². The predicted molar refractivity (Wildman–Crippen MR) is 57.1 cm³/mol. The van der Waals surface area contributed by atoms with Gasteiger partial charge < -0.3 is 20.2 Å². The number of hydrogen-bond donors (Lipinski definition) is 2. The molecule has 0 radical (unpaired) electrons. The summed E-state index contributed by atoms with van der Waals surface area (Å²) < 4.78 is 10.4. The maximum absolute atomic E-state index is 5.52. The van der Waals surface area contributed by atoms with Gasteiger partial charge in [0.2, 0.25) is 0 Å². The quantitative estimate of drug-likeness (QED) is 0.788. The summed E-state index contributed by atoms with van der Waals surface area (Å²) in [4.78, 5) is 7.42. The van der Waals surface area contributed by atoms with Crippen molar-refractivity contribution in [2.75, 3.05) is 14.2 Å². The number of rotatable bonds is 3. The smallest absolute Gasteiger partial charge is 0.146 e. The first-order chi connectivity index (χ1) is 7.30. The lowest BCUT2D eigenvalue weighted by molar-refractivity contribution is 0.409. The third-order valence-electron chi connectivity index (χ3n) is 2.25. The minimum absolute atomic E-state index is 0.362. The van der Waals surface area contributed by atoms with E-state index < -0.39 is 0 Å². The van der Waals surface area contributed by atoms with Crippen LogP contribution in [0, 0.1) is 0 Å². The molecular weight excluding hydrogens is 194 g/mol. The second-order valence-electron chi connectivity index (χ2n) is 3.08. The number of nitrogens with two attached hydrogens (primary N) is 1. The monoisotopic (exact) mass is 207 g/mol. The van der Waals surface area contributed by atoms with E-state index in [0.29, 0.717) is 18.1 Å². The number of H-pyrrole nitrogens is 1. The molecule has 2 rings (SSSR count). The Labute approximate surface area is 87.2 Å². The van der Waals surface area contributed by atoms with Crippen LogP contribution in [0.3, 0.4) is 0 Å². The van der Waals surface area contributed by atoms with E-state index in [0.717, 1.165) is 16.8 Å². The van der Waals surface area contributed by atoms with Gasteiger partial charge in [-0.15, -0.1) is 0 Å². The summed E-state index contributed by atoms with van der Waals surface area (Å²) in [6.45, 7) is 0.362. The van der Waals surface area contributed by atoms with Crippen LogP contribution >= 0.6 is 0 Å². The van der Waals surface area contributed by atoms with Crippen molar-refractivity contribution in [1.29, 1.82) is 0 Å². The second-order valence-corrected chi connectivity index (χ2v) is 3.08. The molecule has 0 saturated heterocycles. The second kappa shape index (κ2) is 3.78. The molecule has 0 saturated carbocycles. The lowest BCUT2D eigenvalue weighted by Crippen LogP contribution is -1.97. The number of imidazole rings is 1. The predicted octanol–water partition coefficient (Wildman–Crippen LogP) is 1.04. The first-order valence-electron chi connectivity index (χ1n) is 4.59. The molecule has 5 heteroatoms. The van der Waals surface area contributed by atoms with E-state index in [1.54, 1.807) is 14.2 Å². The highest BCUT2D eigenvalue weighted by Crippen LogP contribution is 2.30. The molecule has 5 nitrogen and oxygen atoms in total. The molecule has 1 aromatic heterocycles. The van der Waals surface area contributed by atoms with Gasteiger partial charge >= 0.3 is 0 Å². The Morgan fingerprint density at radius 2 is 1.93 bits per heavy atom. The largest absolute Gasteiger partial charge is 0.494 e. The average Bonchev–Trinajstić information content (AvgIpc) is 2.71. The fourth-order valence-corrected chi connectivity index (χ4v) is 1.52. The number of methoxy groups -OCH3 is 2. The van der Waals surface area contributed by atoms with Crippen LogP contribution in [0.15, 0.2) is 12.1 Å². The molecule has 1 aromatic carbocycles. The number of hydrogen-bond acceptors (Lipinski definition) is 4. The average molecular weight is 207 g/mol. The molecular formula is C10H13N3O2. The molecule has 0 aliphatic heterocycles. The molecule has 0 spiro atoms. The number of aromatic amines is 1. The summed E-state index contributed by atoms with van der Waals surface area (Å²) in [6, 6.07) is 3.65. The number of benzene rings is 1. The molecule has 2 aromatic rings. The molecule has 3 N–H and O–H groups in total. The highest BCUT2D eigenvalue weighted by molar-refractivity contribution is 5.87. The van der Waals surface area contributed by atoms with E-state index in [1.165, 1.54) is 0 Å². The lowest BCUT2D eigenvalue weighted by atomic mass is 10.2. The normalized spacial score (nSPS) is 10.6. The Balaban J connectivity index is 2.71. The minimum atomic E-state index is 0.362. The SMILES string of the molecule is COc1ccc(OC)c2[nH]c(CN)nc12. The third kappa shape index (κ3) is 1.50. The summed E-state index contributed by atoms with van der Waals surface area (Å²) >= 11 is 0. The Kier molecular flexibility index (Phi) is 2.47. The number of fused-ring (bicyclic) bond motifs is 1. The van der Waals surface area contributed by atoms with Crippen molar-refractivity contribution in [3.05, 3.63) is 18.0 Å². The summed E-state index contributed by atoms with van der Waals surface area (Å²) in [7, 11) is 3.22. The molecule has 1 heterocycles. The van der Waals surface area contributed by atoms with E-state index in [4.69, 9.17) is 15.2 Å². The zero-order chi connectivity index (χ0) is 10.8. The van der Waals surface area contributed by atoms with Gasteiger partial charge in [-0.3, -0.25) is 0 Å². The number of nitrogens with zero attached hydrogens (tertiary/aromatic N) is 1. The first-order valence-corrected chi connectivity index (χ1v) is 4.59. The maximum Gasteiger partial charge on any atom is 0.146 e. The van der Waals surface area contributed by atoms with Crippen LogP contribution in [0.1, 0.15) is 5.82 Å². The van der Waals surface area contributed by atoms with Crippen molar-refractivity contribution < 1.29 is 9.47 Å². The zero-order valence-corrected chi connectivity index (χ0v) is 8.70. The number of nitrogens with one attached hydrogen (secondary N) is 1. The van der Waals surface area contributed by atoms with Crippen molar-refractivity contribution in [3.8, 4) is 11.5 Å². The fraction of sp³-hybridized carbons (Fsp3) is 0.300. The van der Waals surface area contributed by atoms with E-state index in [9.17, 15) is 0 Å². The Hall–Kier alpha value is -1.75. The van der Waals surface area contributed by atoms with Crippen LogP contribution in [0.25, 0.3) is 11.0 Å². The fourth-order valence-electron chi connectivity index (χ4n) is 1.52. The topological polar surface area (TPSA) is 73.2 Å². The van der Waals surface area contributed by atoms with Crippen molar-refractivity contribution >= 4 is 11.0 Å². The van der Waals surface area contributed by atoms with Crippen LogP contribution in [-0.2, 0) is 6.54 Å². The van der Waals surface area contributed by atoms with E-state index in [2.05, 4.69) is 9.97 Å². The molecule has 0 unspecified atom stereocenters. The molecule has 0 atom stereocenters. The third-order valence-corrected chi connectivity index (χ3v) is 2.25. The van der Waals surface area contributed by atoms with Gasteiger partial charge in [0.1, 0.15) is 28.4 Å². The standard InChI is InChI=1S/C10H13N3O2/c1-14-6-3-4-7(15-2)10-9(6)12-8(5-11)13-10/h3-4H,5,11H2,1-2H3,(H,12,13). The Bertz CT molecular complexity index is 438. The van der Waals surface area contributed by atoms with Gasteiger partial charge in [0, 0.05) is 0 Å². The highest BCUT2D eigenvalue weighted by atomic mass is 16.5. The summed E-state index contributed by atoms with van der Waals surface area (Å²) in [5.41, 5.74) is 7.09. The van der Waals surface area contributed by atoms with E-state index in [-0.39, 0.29) is 0 Å². The van der Waals surface area contributed by atoms with Crippen molar-refractivity contribution in [1.82, 2.24) is 9.97 Å². The van der Waals surface area contributed by atoms with Gasteiger partial charge in [0.25, 0.3) is 0 Å². The molecule has 15 heavy (non-hydrogen) atoms. The van der Waals surface area contributed by atoms with Gasteiger partial charge in [-0.2, -0.15) is 0 Å². The van der Waals surface area contributed by atoms with Crippen LogP contribution in [0.2, 0.25) is 0 Å². The van der Waals surface area contributed by atoms with E-state index >= 15 is 0 Å². The van der Waals surface area contributed by atoms with Crippen LogP contribution in [0.4, 0.5) is 0 Å². The van der Waals surface area contributed by atoms with Crippen molar-refractivity contribution in [2.45, 2.75) is 6.54 Å². The summed E-state index contributed by atoms with van der Waals surface area (Å²) in [5.74, 6) is 2.16. The summed E-state index contributed by atoms with van der Waals surface area (Å²) in [5, 5.41) is 0. The highest BCUT2D eigenvalue weighted by Gasteiger charge is 2.11. The van der Waals surface area contributed by atoms with Gasteiger partial charge in [-0.05, 0) is 12.1 Å². The van der Waals surface area contributed by atoms with E-state index in [1.807, 2.05) is 12.1 Å². The molecule has 0 amide bonds. The number of aromatic nitrogens is 2. The maximum atomic E-state index is 5.52. The number of ether oxygens (including phenoxy) is 2. The van der Waals surface area contributed by atoms with Gasteiger partial charge in [0.05, 0.1) is 20.8 Å². The summed E-state index contributed by atoms with van der Waals surface area (Å²) in [6.07, 6.45) is 0.